The number of hydrogen-bond donors (Lipinski definition) is 1. The van der Waals surface area contributed by atoms with Gasteiger partial charge in [0.2, 0.25) is 5.91 Å². The van der Waals surface area contributed by atoms with Crippen LogP contribution in [0.15, 0.2) is 0 Å². The van der Waals surface area contributed by atoms with Crippen molar-refractivity contribution in [2.45, 2.75) is 58.9 Å². The van der Waals surface area contributed by atoms with E-state index in [2.05, 4.69) is 13.8 Å². The van der Waals surface area contributed by atoms with Crippen LogP contribution in [0.3, 0.4) is 0 Å². The number of hydrogen-bond acceptors (Lipinski definition) is 2. The van der Waals surface area contributed by atoms with Gasteiger partial charge in [-0.2, -0.15) is 0 Å². The quantitative estimate of drug-likeness (QED) is 0.673. The molecule has 3 nitrogen and oxygen atoms in total. The van der Waals surface area contributed by atoms with Crippen LogP contribution in [0.1, 0.15) is 52.9 Å². The van der Waals surface area contributed by atoms with Gasteiger partial charge in [-0.15, -0.1) is 0 Å². The number of unbranched alkanes of at least 4 members (excludes halogenated alkanes) is 2. The normalized spacial score (nSPS) is 12.5. The first-order valence-corrected chi connectivity index (χ1v) is 6.21. The third kappa shape index (κ3) is 5.78. The highest BCUT2D eigenvalue weighted by Gasteiger charge is 2.18. The highest BCUT2D eigenvalue weighted by atomic mass is 16.2. The fourth-order valence-electron chi connectivity index (χ4n) is 1.44. The van der Waals surface area contributed by atoms with Gasteiger partial charge < -0.3 is 10.6 Å². The predicted molar refractivity (Wildman–Crippen MR) is 64.7 cm³/mol. The fraction of sp³-hybridized carbons (Fsp3) is 0.917. The number of carbonyl (C=O) groups is 1. The summed E-state index contributed by atoms with van der Waals surface area (Å²) < 4.78 is 0. The second-order valence-corrected chi connectivity index (χ2v) is 4.05. The first kappa shape index (κ1) is 14.4. The zero-order valence-electron chi connectivity index (χ0n) is 10.5. The molecule has 0 saturated heterocycles. The second kappa shape index (κ2) is 8.72. The number of amides is 1. The topological polar surface area (TPSA) is 46.3 Å². The number of rotatable bonds is 8. The van der Waals surface area contributed by atoms with Crippen molar-refractivity contribution in [1.82, 2.24) is 4.90 Å². The van der Waals surface area contributed by atoms with E-state index < -0.39 is 0 Å². The number of carbonyl (C=O) groups excluding carboxylic acids is 1. The molecule has 0 fully saturated rings. The van der Waals surface area contributed by atoms with Gasteiger partial charge >= 0.3 is 0 Å². The van der Waals surface area contributed by atoms with E-state index in [1.165, 1.54) is 0 Å². The van der Waals surface area contributed by atoms with Crippen molar-refractivity contribution in [2.24, 2.45) is 5.73 Å². The zero-order valence-corrected chi connectivity index (χ0v) is 10.5. The van der Waals surface area contributed by atoms with Crippen molar-refractivity contribution in [2.75, 3.05) is 13.1 Å². The van der Waals surface area contributed by atoms with Crippen LogP contribution in [-0.2, 0) is 4.79 Å². The summed E-state index contributed by atoms with van der Waals surface area (Å²) in [6.07, 6.45) is 5.12. The Morgan fingerprint density at radius 1 is 1.13 bits per heavy atom. The Labute approximate surface area is 94.0 Å². The molecule has 1 amide bonds. The van der Waals surface area contributed by atoms with Crippen LogP contribution < -0.4 is 5.73 Å². The van der Waals surface area contributed by atoms with Crippen molar-refractivity contribution >= 4 is 5.91 Å². The average Bonchev–Trinajstić information content (AvgIpc) is 2.27. The van der Waals surface area contributed by atoms with E-state index in [0.29, 0.717) is 0 Å². The van der Waals surface area contributed by atoms with Gasteiger partial charge in [0.1, 0.15) is 0 Å². The Morgan fingerprint density at radius 2 is 1.60 bits per heavy atom. The van der Waals surface area contributed by atoms with Gasteiger partial charge in [-0.25, -0.2) is 0 Å². The van der Waals surface area contributed by atoms with Crippen LogP contribution in [0.25, 0.3) is 0 Å². The van der Waals surface area contributed by atoms with Crippen molar-refractivity contribution in [3.05, 3.63) is 0 Å². The molecular formula is C12H26N2O. The monoisotopic (exact) mass is 214 g/mol. The van der Waals surface area contributed by atoms with Gasteiger partial charge in [-0.3, -0.25) is 4.79 Å². The minimum absolute atomic E-state index is 0.124. The van der Waals surface area contributed by atoms with E-state index in [1.54, 1.807) is 0 Å². The smallest absolute Gasteiger partial charge is 0.239 e. The van der Waals surface area contributed by atoms with Gasteiger partial charge in [0.15, 0.2) is 0 Å². The molecule has 0 bridgehead atoms. The SMILES string of the molecule is CCCCN(CCCC)C(=O)C(N)CC. The van der Waals surface area contributed by atoms with Crippen LogP contribution in [0.5, 0.6) is 0 Å². The molecule has 1 atom stereocenters. The molecule has 1 unspecified atom stereocenters. The summed E-state index contributed by atoms with van der Waals surface area (Å²) in [7, 11) is 0. The molecule has 0 aliphatic rings. The minimum atomic E-state index is -0.307. The van der Waals surface area contributed by atoms with Crippen molar-refractivity contribution in [3.8, 4) is 0 Å². The van der Waals surface area contributed by atoms with Gasteiger partial charge in [0.25, 0.3) is 0 Å². The lowest BCUT2D eigenvalue weighted by molar-refractivity contribution is -0.132. The Hall–Kier alpha value is -0.570. The Kier molecular flexibility index (Phi) is 8.38. The molecule has 0 radical (unpaired) electrons. The van der Waals surface area contributed by atoms with Crippen LogP contribution in [0.2, 0.25) is 0 Å². The van der Waals surface area contributed by atoms with E-state index >= 15 is 0 Å². The van der Waals surface area contributed by atoms with Crippen LogP contribution in [0.4, 0.5) is 0 Å². The molecule has 3 heteroatoms. The summed E-state index contributed by atoms with van der Waals surface area (Å²) in [6, 6.07) is -0.307. The molecular weight excluding hydrogens is 188 g/mol. The Balaban J connectivity index is 4.13. The highest BCUT2D eigenvalue weighted by molar-refractivity contribution is 5.81. The van der Waals surface area contributed by atoms with E-state index in [0.717, 1.165) is 45.2 Å². The summed E-state index contributed by atoms with van der Waals surface area (Å²) in [5, 5.41) is 0. The van der Waals surface area contributed by atoms with E-state index in [4.69, 9.17) is 5.73 Å². The summed E-state index contributed by atoms with van der Waals surface area (Å²) in [5.41, 5.74) is 5.77. The Morgan fingerprint density at radius 3 is 1.93 bits per heavy atom. The van der Waals surface area contributed by atoms with Crippen molar-refractivity contribution in [3.63, 3.8) is 0 Å². The molecule has 90 valence electrons. The zero-order chi connectivity index (χ0) is 11.7. The standard InChI is InChI=1S/C12H26N2O/c1-4-7-9-14(10-8-5-2)12(15)11(13)6-3/h11H,4-10,13H2,1-3H3. The Bertz CT molecular complexity index is 163. The minimum Gasteiger partial charge on any atom is -0.341 e. The van der Waals surface area contributed by atoms with Gasteiger partial charge in [-0.1, -0.05) is 33.6 Å². The molecule has 0 rings (SSSR count). The molecule has 0 aromatic carbocycles. The highest BCUT2D eigenvalue weighted by Crippen LogP contribution is 2.03. The lowest BCUT2D eigenvalue weighted by atomic mass is 10.2. The van der Waals surface area contributed by atoms with Gasteiger partial charge in [-0.05, 0) is 19.3 Å². The molecule has 0 heterocycles. The van der Waals surface area contributed by atoms with Crippen LogP contribution in [0, 0.1) is 0 Å². The fourth-order valence-corrected chi connectivity index (χ4v) is 1.44. The third-order valence-corrected chi connectivity index (χ3v) is 2.63. The molecule has 0 aliphatic carbocycles. The molecule has 0 aromatic heterocycles. The van der Waals surface area contributed by atoms with Gasteiger partial charge in [0.05, 0.1) is 6.04 Å². The summed E-state index contributed by atoms with van der Waals surface area (Å²) in [6.45, 7) is 7.97. The van der Waals surface area contributed by atoms with Gasteiger partial charge in [0, 0.05) is 13.1 Å². The predicted octanol–water partition coefficient (Wildman–Crippen LogP) is 2.15. The van der Waals surface area contributed by atoms with E-state index in [-0.39, 0.29) is 11.9 Å². The maximum absolute atomic E-state index is 11.9. The number of nitrogens with two attached hydrogens (primary N) is 1. The first-order valence-electron chi connectivity index (χ1n) is 6.21. The summed E-state index contributed by atoms with van der Waals surface area (Å²) >= 11 is 0. The molecule has 2 N–H and O–H groups in total. The maximum Gasteiger partial charge on any atom is 0.239 e. The first-order chi connectivity index (χ1) is 7.17. The molecule has 0 aromatic rings. The summed E-state index contributed by atoms with van der Waals surface area (Å²) in [5.74, 6) is 0.124. The largest absolute Gasteiger partial charge is 0.341 e. The van der Waals surface area contributed by atoms with Crippen LogP contribution >= 0.6 is 0 Å². The molecule has 0 aliphatic heterocycles. The third-order valence-electron chi connectivity index (χ3n) is 2.63. The van der Waals surface area contributed by atoms with Crippen molar-refractivity contribution < 1.29 is 4.79 Å². The van der Waals surface area contributed by atoms with Crippen LogP contribution in [-0.4, -0.2) is 29.9 Å². The average molecular weight is 214 g/mol. The molecule has 0 spiro atoms. The van der Waals surface area contributed by atoms with Crippen molar-refractivity contribution in [1.29, 1.82) is 0 Å². The molecule has 0 saturated carbocycles. The van der Waals surface area contributed by atoms with E-state index in [9.17, 15) is 4.79 Å². The summed E-state index contributed by atoms with van der Waals surface area (Å²) in [4.78, 5) is 13.8. The lowest BCUT2D eigenvalue weighted by Gasteiger charge is -2.25. The van der Waals surface area contributed by atoms with E-state index in [1.807, 2.05) is 11.8 Å². The lowest BCUT2D eigenvalue weighted by Crippen LogP contribution is -2.44. The molecule has 15 heavy (non-hydrogen) atoms. The maximum atomic E-state index is 11.9. The second-order valence-electron chi connectivity index (χ2n) is 4.05. The number of nitrogens with zero attached hydrogens (tertiary/aromatic N) is 1.